The molecule has 0 saturated heterocycles. The fourth-order valence-corrected chi connectivity index (χ4v) is 7.73. The summed E-state index contributed by atoms with van der Waals surface area (Å²) in [5, 5.41) is 0. The van der Waals surface area contributed by atoms with Crippen molar-refractivity contribution in [2.24, 2.45) is 0 Å². The molecule has 9 heteroatoms. The van der Waals surface area contributed by atoms with E-state index < -0.39 is 0 Å². The maximum Gasteiger partial charge on any atom is 0.0861 e. The zero-order chi connectivity index (χ0) is 44.1. The van der Waals surface area contributed by atoms with Crippen molar-refractivity contribution in [3.05, 3.63) is 140 Å². The molecule has 0 aromatic heterocycles. The van der Waals surface area contributed by atoms with Crippen LogP contribution in [0.5, 0.6) is 0 Å². The highest BCUT2D eigenvalue weighted by Crippen LogP contribution is 2.36. The van der Waals surface area contributed by atoms with E-state index in [9.17, 15) is 0 Å². The van der Waals surface area contributed by atoms with Crippen LogP contribution in [-0.4, -0.2) is 64.0 Å². The van der Waals surface area contributed by atoms with E-state index in [2.05, 4.69) is 114 Å². The molecule has 0 radical (unpaired) electrons. The van der Waals surface area contributed by atoms with E-state index in [1.54, 1.807) is 64.0 Å². The summed E-state index contributed by atoms with van der Waals surface area (Å²) < 4.78 is 53.7. The van der Waals surface area contributed by atoms with Crippen molar-refractivity contribution in [1.29, 1.82) is 0 Å². The van der Waals surface area contributed by atoms with Gasteiger partial charge in [-0.2, -0.15) is 0 Å². The van der Waals surface area contributed by atoms with E-state index in [1.165, 1.54) is 0 Å². The second-order valence-electron chi connectivity index (χ2n) is 16.0. The van der Waals surface area contributed by atoms with Gasteiger partial charge in [0.15, 0.2) is 0 Å². The lowest BCUT2D eigenvalue weighted by Gasteiger charge is -2.26. The average molecular weight is 829 g/mol. The van der Waals surface area contributed by atoms with Gasteiger partial charge in [0.05, 0.1) is 54.9 Å². The lowest BCUT2D eigenvalue weighted by atomic mass is 9.88. The second-order valence-corrected chi connectivity index (χ2v) is 16.0. The second kappa shape index (κ2) is 23.7. The van der Waals surface area contributed by atoms with Crippen LogP contribution in [0.3, 0.4) is 0 Å². The van der Waals surface area contributed by atoms with Crippen LogP contribution >= 0.6 is 0 Å². The number of rotatable bonds is 24. The van der Waals surface area contributed by atoms with Crippen LogP contribution in [0.2, 0.25) is 0 Å². The summed E-state index contributed by atoms with van der Waals surface area (Å²) in [6, 6.07) is 26.5. The van der Waals surface area contributed by atoms with Crippen LogP contribution < -0.4 is 0 Å². The van der Waals surface area contributed by atoms with Crippen molar-refractivity contribution in [2.75, 3.05) is 64.0 Å². The van der Waals surface area contributed by atoms with E-state index in [-0.39, 0.29) is 54.9 Å². The highest BCUT2D eigenvalue weighted by atomic mass is 16.5. The molecule has 0 aliphatic heterocycles. The maximum absolute atomic E-state index is 6.38. The molecule has 0 saturated carbocycles. The van der Waals surface area contributed by atoms with Crippen LogP contribution in [0.1, 0.15) is 163 Å². The molecule has 4 rings (SSSR count). The molecule has 60 heavy (non-hydrogen) atoms. The van der Waals surface area contributed by atoms with Gasteiger partial charge < -0.3 is 42.6 Å². The Labute approximate surface area is 360 Å². The summed E-state index contributed by atoms with van der Waals surface area (Å²) in [5.41, 5.74) is 13.1. The Morgan fingerprint density at radius 1 is 0.250 bits per heavy atom. The first-order chi connectivity index (χ1) is 28.7. The fourth-order valence-electron chi connectivity index (χ4n) is 7.73. The smallest absolute Gasteiger partial charge is 0.0861 e. The van der Waals surface area contributed by atoms with E-state index in [4.69, 9.17) is 42.6 Å². The largest absolute Gasteiger partial charge is 0.377 e. The normalized spacial score (nSPS) is 16.4. The van der Waals surface area contributed by atoms with Gasteiger partial charge in [-0.3, -0.25) is 0 Å². The van der Waals surface area contributed by atoms with Crippen molar-refractivity contribution in [3.8, 4) is 0 Å². The predicted octanol–water partition coefficient (Wildman–Crippen LogP) is 11.7. The Balaban J connectivity index is 1.89. The summed E-state index contributed by atoms with van der Waals surface area (Å²) in [4.78, 5) is 0. The monoisotopic (exact) mass is 829 g/mol. The number of hydrogen-bond donors (Lipinski definition) is 0. The lowest BCUT2D eigenvalue weighted by molar-refractivity contribution is 0.0920. The summed E-state index contributed by atoms with van der Waals surface area (Å²) in [6.07, 6.45) is 0.578. The van der Waals surface area contributed by atoms with Crippen LogP contribution in [-0.2, 0) is 61.9 Å². The first-order valence-electron chi connectivity index (χ1n) is 21.1. The molecule has 0 aliphatic carbocycles. The maximum atomic E-state index is 6.38. The molecule has 0 spiro atoms. The predicted molar refractivity (Wildman–Crippen MR) is 239 cm³/mol. The van der Waals surface area contributed by atoms with Crippen LogP contribution in [0, 0.1) is 0 Å². The summed E-state index contributed by atoms with van der Waals surface area (Å²) in [5.74, 6) is 0. The van der Waals surface area contributed by atoms with Crippen LogP contribution in [0.15, 0.2) is 72.8 Å². The Morgan fingerprint density at radius 2 is 0.417 bits per heavy atom. The lowest BCUT2D eigenvalue weighted by Crippen LogP contribution is -2.14. The Bertz CT molecular complexity index is 1610. The van der Waals surface area contributed by atoms with Gasteiger partial charge in [0, 0.05) is 83.3 Å². The Morgan fingerprint density at radius 3 is 0.567 bits per heavy atom. The molecular formula is C51H72O9. The molecule has 0 aliphatic rings. The molecule has 0 bridgehead atoms. The standard InChI is InChI=1S/C51H72O9/c1-31(52-7)40-16-37(17-41(25-40)32(2)53-8)22-49(58-13)46-28-47(50(59-14)23-38-18-42(33(3)54-9)26-43(19-38)34(4)55-10)30-48(29-46)51(60-15)24-39-20-44(35(5)56-11)27-45(21-39)36(6)57-12/h16-21,25-36,49-51H,22-24H2,1-15H3/t31-,32-,33-,34-,35-,36-,49-,50-,51-/m1/s1. The SMILES string of the molecule is CO[C@H](C)c1cc(C[C@@H](OC)c2cc([C@@H](Cc3cc([C@@H](C)OC)cc([C@@H](C)OC)c3)OC)cc([C@@H](Cc3cc([C@@H](C)OC)cc([C@@H](C)OC)c3)OC)c2)cc([C@@H](C)OC)c1. The zero-order valence-corrected chi connectivity index (χ0v) is 38.9. The van der Waals surface area contributed by atoms with E-state index in [1.807, 2.05) is 0 Å². The third-order valence-corrected chi connectivity index (χ3v) is 12.3. The minimum absolute atomic E-state index is 0.0795. The first kappa shape index (κ1) is 49.2. The molecule has 9 atom stereocenters. The number of hydrogen-bond acceptors (Lipinski definition) is 9. The van der Waals surface area contributed by atoms with Gasteiger partial charge >= 0.3 is 0 Å². The van der Waals surface area contributed by atoms with Crippen LogP contribution in [0.25, 0.3) is 0 Å². The molecule has 4 aromatic rings. The molecule has 4 aromatic carbocycles. The fraction of sp³-hybridized carbons (Fsp3) is 0.529. The third-order valence-electron chi connectivity index (χ3n) is 12.3. The van der Waals surface area contributed by atoms with Crippen molar-refractivity contribution in [2.45, 2.75) is 116 Å². The van der Waals surface area contributed by atoms with Gasteiger partial charge in [-0.25, -0.2) is 0 Å². The summed E-state index contributed by atoms with van der Waals surface area (Å²) in [6.45, 7) is 12.4. The number of methoxy groups -OCH3 is 9. The number of ether oxygens (including phenoxy) is 9. The van der Waals surface area contributed by atoms with Gasteiger partial charge in [0.25, 0.3) is 0 Å². The number of benzene rings is 4. The Hall–Kier alpha value is -3.48. The molecule has 330 valence electrons. The van der Waals surface area contributed by atoms with Gasteiger partial charge in [0.1, 0.15) is 0 Å². The first-order valence-corrected chi connectivity index (χ1v) is 21.1. The summed E-state index contributed by atoms with van der Waals surface area (Å²) >= 11 is 0. The quantitative estimate of drug-likeness (QED) is 0.0685. The minimum Gasteiger partial charge on any atom is -0.377 e. The average Bonchev–Trinajstić information content (AvgIpc) is 3.29. The summed E-state index contributed by atoms with van der Waals surface area (Å²) in [7, 11) is 15.8. The molecule has 0 amide bonds. The topological polar surface area (TPSA) is 83.1 Å². The molecule has 0 fully saturated rings. The van der Waals surface area contributed by atoms with Crippen LogP contribution in [0.4, 0.5) is 0 Å². The zero-order valence-electron chi connectivity index (χ0n) is 38.9. The molecule has 9 nitrogen and oxygen atoms in total. The van der Waals surface area contributed by atoms with Crippen molar-refractivity contribution in [3.63, 3.8) is 0 Å². The molecular weight excluding hydrogens is 757 g/mol. The molecule has 0 unspecified atom stereocenters. The van der Waals surface area contributed by atoms with E-state index >= 15 is 0 Å². The van der Waals surface area contributed by atoms with Gasteiger partial charge in [-0.05, 0) is 108 Å². The van der Waals surface area contributed by atoms with Crippen molar-refractivity contribution < 1.29 is 42.6 Å². The Kier molecular flexibility index (Phi) is 19.4. The van der Waals surface area contributed by atoms with Gasteiger partial charge in [0.2, 0.25) is 0 Å². The van der Waals surface area contributed by atoms with Crippen molar-refractivity contribution in [1.82, 2.24) is 0 Å². The van der Waals surface area contributed by atoms with Gasteiger partial charge in [-0.15, -0.1) is 0 Å². The van der Waals surface area contributed by atoms with E-state index in [0.29, 0.717) is 19.3 Å². The minimum atomic E-state index is -0.280. The highest BCUT2D eigenvalue weighted by molar-refractivity contribution is 5.41. The molecule has 0 N–H and O–H groups in total. The molecule has 0 heterocycles. The van der Waals surface area contributed by atoms with Gasteiger partial charge in [-0.1, -0.05) is 72.8 Å². The van der Waals surface area contributed by atoms with Crippen molar-refractivity contribution >= 4 is 0 Å². The third kappa shape index (κ3) is 12.8. The highest BCUT2D eigenvalue weighted by Gasteiger charge is 2.24. The van der Waals surface area contributed by atoms with E-state index in [0.717, 1.165) is 66.8 Å².